The molecule has 9 heteroatoms. The molecule has 0 aliphatic rings. The van der Waals surface area contributed by atoms with Gasteiger partial charge in [0.25, 0.3) is 0 Å². The van der Waals surface area contributed by atoms with Gasteiger partial charge in [-0.25, -0.2) is 14.0 Å². The first-order chi connectivity index (χ1) is 8.53. The molecule has 19 heavy (non-hydrogen) atoms. The molecule has 110 valence electrons. The normalized spacial score (nSPS) is 11.9. The Balaban J connectivity index is 4.24. The number of rotatable bonds is 7. The van der Waals surface area contributed by atoms with E-state index in [1.165, 1.54) is 6.92 Å². The Morgan fingerprint density at radius 3 is 2.05 bits per heavy atom. The molecule has 4 nitrogen and oxygen atoms in total. The lowest BCUT2D eigenvalue weighted by molar-refractivity contribution is -0.237. The van der Waals surface area contributed by atoms with Crippen molar-refractivity contribution in [1.82, 2.24) is 0 Å². The fourth-order valence-corrected chi connectivity index (χ4v) is 0.664. The fraction of sp³-hybridized carbons (Fsp3) is 0.600. The highest BCUT2D eigenvalue weighted by Gasteiger charge is 2.57. The van der Waals surface area contributed by atoms with Crippen LogP contribution < -0.4 is 0 Å². The zero-order chi connectivity index (χ0) is 15.3. The van der Waals surface area contributed by atoms with Gasteiger partial charge in [0.1, 0.15) is 0 Å². The van der Waals surface area contributed by atoms with Gasteiger partial charge in [-0.3, -0.25) is 0 Å². The van der Waals surface area contributed by atoms with Crippen LogP contribution in [-0.2, 0) is 19.1 Å². The summed E-state index contributed by atoms with van der Waals surface area (Å²) in [6.07, 6.45) is 0. The Morgan fingerprint density at radius 1 is 1.11 bits per heavy atom. The Labute approximate surface area is 105 Å². The fourth-order valence-electron chi connectivity index (χ4n) is 0.664. The van der Waals surface area contributed by atoms with Crippen molar-refractivity contribution in [1.29, 1.82) is 0 Å². The van der Waals surface area contributed by atoms with Crippen LogP contribution in [0.4, 0.5) is 22.0 Å². The average Bonchev–Trinajstić information content (AvgIpc) is 2.32. The van der Waals surface area contributed by atoms with Crippen molar-refractivity contribution >= 4 is 11.9 Å². The lowest BCUT2D eigenvalue weighted by Crippen LogP contribution is -2.46. The summed E-state index contributed by atoms with van der Waals surface area (Å²) >= 11 is 0. The van der Waals surface area contributed by atoms with Crippen molar-refractivity contribution in [3.05, 3.63) is 12.2 Å². The number of carbonyl (C=O) groups is 2. The van der Waals surface area contributed by atoms with E-state index in [4.69, 9.17) is 0 Å². The molecule has 0 aliphatic heterocycles. The van der Waals surface area contributed by atoms with E-state index >= 15 is 0 Å². The van der Waals surface area contributed by atoms with Crippen LogP contribution in [0.15, 0.2) is 12.2 Å². The van der Waals surface area contributed by atoms with Crippen LogP contribution in [0, 0.1) is 0 Å². The zero-order valence-corrected chi connectivity index (χ0v) is 9.85. The second kappa shape index (κ2) is 6.48. The van der Waals surface area contributed by atoms with Gasteiger partial charge in [-0.15, -0.1) is 0 Å². The highest BCUT2D eigenvalue weighted by atomic mass is 19.3. The van der Waals surface area contributed by atoms with Crippen LogP contribution in [-0.4, -0.2) is 43.7 Å². The quantitative estimate of drug-likeness (QED) is 0.408. The molecule has 0 amide bonds. The number of halogens is 5. The minimum absolute atomic E-state index is 0.0536. The van der Waals surface area contributed by atoms with Gasteiger partial charge in [0.15, 0.2) is 19.9 Å². The largest absolute Gasteiger partial charge is 0.456 e. The summed E-state index contributed by atoms with van der Waals surface area (Å²) in [5.74, 6) is -12.2. The highest BCUT2D eigenvalue weighted by molar-refractivity contribution is 5.88. The van der Waals surface area contributed by atoms with Gasteiger partial charge < -0.3 is 9.47 Å². The van der Waals surface area contributed by atoms with Crippen molar-refractivity contribution in [2.75, 3.05) is 19.9 Å². The number of alkyl halides is 5. The van der Waals surface area contributed by atoms with Gasteiger partial charge in [0.2, 0.25) is 0 Å². The molecule has 0 radical (unpaired) electrons. The number of hydrogen-bond acceptors (Lipinski definition) is 4. The molecule has 0 aromatic heterocycles. The minimum atomic E-state index is -4.94. The highest BCUT2D eigenvalue weighted by Crippen LogP contribution is 2.34. The molecule has 0 atom stereocenters. The second-order valence-electron chi connectivity index (χ2n) is 3.56. The number of carbonyl (C=O) groups excluding carboxylic acids is 2. The average molecular weight is 290 g/mol. The number of esters is 2. The first-order valence-corrected chi connectivity index (χ1v) is 4.83. The molecule has 0 N–H and O–H groups in total. The maximum Gasteiger partial charge on any atom is 0.346 e. The smallest absolute Gasteiger partial charge is 0.346 e. The predicted octanol–water partition coefficient (Wildman–Crippen LogP) is 1.89. The summed E-state index contributed by atoms with van der Waals surface area (Å²) < 4.78 is 69.9. The van der Waals surface area contributed by atoms with E-state index in [1.54, 1.807) is 0 Å². The van der Waals surface area contributed by atoms with E-state index < -0.39 is 43.7 Å². The minimum Gasteiger partial charge on any atom is -0.456 e. The summed E-state index contributed by atoms with van der Waals surface area (Å²) in [7, 11) is 0. The molecule has 0 heterocycles. The molecule has 0 aromatic rings. The molecule has 0 saturated heterocycles. The van der Waals surface area contributed by atoms with Crippen LogP contribution in [0.2, 0.25) is 0 Å². The van der Waals surface area contributed by atoms with E-state index in [2.05, 4.69) is 16.1 Å². The topological polar surface area (TPSA) is 52.6 Å². The van der Waals surface area contributed by atoms with Gasteiger partial charge in [-0.05, 0) is 6.92 Å². The molecule has 0 fully saturated rings. The molecule has 0 rings (SSSR count). The van der Waals surface area contributed by atoms with Gasteiger partial charge >= 0.3 is 23.8 Å². The molecule has 0 aliphatic carbocycles. The van der Waals surface area contributed by atoms with Gasteiger partial charge in [-0.2, -0.15) is 17.6 Å². The Bertz CT molecular complexity index is 367. The van der Waals surface area contributed by atoms with Crippen LogP contribution in [0.25, 0.3) is 0 Å². The van der Waals surface area contributed by atoms with E-state index in [0.717, 1.165) is 0 Å². The van der Waals surface area contributed by atoms with Crippen molar-refractivity contribution in [3.63, 3.8) is 0 Å². The van der Waals surface area contributed by atoms with Gasteiger partial charge in [-0.1, -0.05) is 6.58 Å². The van der Waals surface area contributed by atoms with Crippen LogP contribution in [0.1, 0.15) is 6.92 Å². The molecular formula is C10H11F5O4. The Morgan fingerprint density at radius 2 is 1.63 bits per heavy atom. The Kier molecular flexibility index (Phi) is 5.91. The summed E-state index contributed by atoms with van der Waals surface area (Å²) in [6, 6.07) is 0. The Hall–Kier alpha value is -1.67. The van der Waals surface area contributed by atoms with Crippen LogP contribution in [0.3, 0.4) is 0 Å². The molecule has 0 unspecified atom stereocenters. The van der Waals surface area contributed by atoms with Crippen molar-refractivity contribution < 1.29 is 41.0 Å². The van der Waals surface area contributed by atoms with E-state index in [-0.39, 0.29) is 5.57 Å². The maximum absolute atomic E-state index is 12.7. The lowest BCUT2D eigenvalue weighted by Gasteiger charge is -2.23. The van der Waals surface area contributed by atoms with Crippen LogP contribution in [0.5, 0.6) is 0 Å². The van der Waals surface area contributed by atoms with E-state index in [1.807, 2.05) is 0 Å². The second-order valence-corrected chi connectivity index (χ2v) is 3.56. The SMILES string of the molecule is C=C(C)C(=O)OCC(=O)OCC(F)(F)C(F)(F)CF. The first kappa shape index (κ1) is 17.3. The predicted molar refractivity (Wildman–Crippen MR) is 52.6 cm³/mol. The van der Waals surface area contributed by atoms with Gasteiger partial charge in [0.05, 0.1) is 0 Å². The number of hydrogen-bond donors (Lipinski definition) is 0. The standard InChI is InChI=1S/C10H11F5O4/c1-6(2)8(17)18-3-7(16)19-5-10(14,15)9(12,13)4-11/h1,3-5H2,2H3. The van der Waals surface area contributed by atoms with Gasteiger partial charge in [0, 0.05) is 5.57 Å². The summed E-state index contributed by atoms with van der Waals surface area (Å²) in [6.45, 7) is -1.21. The first-order valence-electron chi connectivity index (χ1n) is 4.83. The van der Waals surface area contributed by atoms with Crippen molar-refractivity contribution in [2.45, 2.75) is 18.8 Å². The van der Waals surface area contributed by atoms with Crippen molar-refractivity contribution in [2.24, 2.45) is 0 Å². The third-order valence-corrected chi connectivity index (χ3v) is 1.79. The third-order valence-electron chi connectivity index (χ3n) is 1.79. The third kappa shape index (κ3) is 5.23. The lowest BCUT2D eigenvalue weighted by atomic mass is 10.2. The molecule has 0 spiro atoms. The van der Waals surface area contributed by atoms with Crippen molar-refractivity contribution in [3.8, 4) is 0 Å². The summed E-state index contributed by atoms with van der Waals surface area (Å²) in [5.41, 5.74) is -0.0536. The summed E-state index contributed by atoms with van der Waals surface area (Å²) in [4.78, 5) is 21.6. The molecule has 0 saturated carbocycles. The molecule has 0 aromatic carbocycles. The monoisotopic (exact) mass is 290 g/mol. The zero-order valence-electron chi connectivity index (χ0n) is 9.85. The summed E-state index contributed by atoms with van der Waals surface area (Å²) in [5, 5.41) is 0. The maximum atomic E-state index is 12.7. The number of ether oxygens (including phenoxy) is 2. The molecular weight excluding hydrogens is 279 g/mol. The molecule has 0 bridgehead atoms. The van der Waals surface area contributed by atoms with Crippen LogP contribution >= 0.6 is 0 Å². The van der Waals surface area contributed by atoms with E-state index in [0.29, 0.717) is 0 Å². The van der Waals surface area contributed by atoms with E-state index in [9.17, 15) is 31.5 Å².